The fourth-order valence-electron chi connectivity index (χ4n) is 3.20. The van der Waals surface area contributed by atoms with Gasteiger partial charge in [0.25, 0.3) is 11.6 Å². The number of nitro groups is 1. The third-order valence-corrected chi connectivity index (χ3v) is 4.73. The highest BCUT2D eigenvalue weighted by Gasteiger charge is 2.19. The van der Waals surface area contributed by atoms with Gasteiger partial charge in [0, 0.05) is 43.0 Å². The molecule has 1 aliphatic rings. The van der Waals surface area contributed by atoms with Crippen LogP contribution in [0.25, 0.3) is 0 Å². The zero-order valence-electron chi connectivity index (χ0n) is 14.7. The van der Waals surface area contributed by atoms with Gasteiger partial charge in [0.1, 0.15) is 0 Å². The molecule has 0 saturated carbocycles. The number of benzene rings is 2. The molecular formula is C19H21N3O4. The number of anilines is 1. The third kappa shape index (κ3) is 3.52. The first-order valence-electron chi connectivity index (χ1n) is 8.42. The Bertz CT molecular complexity index is 866. The van der Waals surface area contributed by atoms with Crippen LogP contribution in [-0.4, -0.2) is 36.1 Å². The van der Waals surface area contributed by atoms with Crippen LogP contribution in [0.1, 0.15) is 33.2 Å². The van der Waals surface area contributed by atoms with Crippen molar-refractivity contribution in [1.29, 1.82) is 0 Å². The van der Waals surface area contributed by atoms with Gasteiger partial charge >= 0.3 is 0 Å². The van der Waals surface area contributed by atoms with E-state index in [-0.39, 0.29) is 18.1 Å². The summed E-state index contributed by atoms with van der Waals surface area (Å²) in [5, 5.41) is 23.9. The molecule has 2 N–H and O–H groups in total. The van der Waals surface area contributed by atoms with Gasteiger partial charge in [0.05, 0.1) is 11.0 Å². The lowest BCUT2D eigenvalue weighted by atomic mass is 10.0. The molecule has 0 bridgehead atoms. The number of nitrogens with one attached hydrogen (secondary N) is 1. The number of aryl methyl sites for hydroxylation is 1. The zero-order chi connectivity index (χ0) is 18.8. The molecule has 2 aromatic rings. The fraction of sp³-hybridized carbons (Fsp3) is 0.316. The molecule has 0 aromatic heterocycles. The Morgan fingerprint density at radius 3 is 2.81 bits per heavy atom. The number of carbonyl (C=O) groups excluding carboxylic acids is 1. The second-order valence-corrected chi connectivity index (χ2v) is 6.54. The number of fused-ring (bicyclic) bond motifs is 1. The number of nitro benzene ring substituents is 1. The second kappa shape index (κ2) is 7.13. The van der Waals surface area contributed by atoms with E-state index in [1.54, 1.807) is 6.92 Å². The van der Waals surface area contributed by atoms with Crippen molar-refractivity contribution in [2.24, 2.45) is 0 Å². The number of amides is 1. The minimum Gasteiger partial charge on any atom is -0.387 e. The van der Waals surface area contributed by atoms with Gasteiger partial charge in [-0.25, -0.2) is 0 Å². The molecule has 0 spiro atoms. The van der Waals surface area contributed by atoms with Gasteiger partial charge in [0.2, 0.25) is 0 Å². The molecule has 7 nitrogen and oxygen atoms in total. The number of hydrogen-bond donors (Lipinski definition) is 2. The lowest BCUT2D eigenvalue weighted by Gasteiger charge is -2.15. The predicted molar refractivity (Wildman–Crippen MR) is 98.5 cm³/mol. The van der Waals surface area contributed by atoms with Crippen LogP contribution in [-0.2, 0) is 6.42 Å². The molecule has 1 atom stereocenters. The molecule has 1 aliphatic heterocycles. The first-order valence-corrected chi connectivity index (χ1v) is 8.42. The van der Waals surface area contributed by atoms with Crippen molar-refractivity contribution in [3.8, 4) is 0 Å². The minimum absolute atomic E-state index is 0.0234. The fourth-order valence-corrected chi connectivity index (χ4v) is 3.20. The Morgan fingerprint density at radius 1 is 1.35 bits per heavy atom. The average Bonchev–Trinajstić information content (AvgIpc) is 2.99. The molecule has 136 valence electrons. The van der Waals surface area contributed by atoms with Crippen LogP contribution < -0.4 is 10.2 Å². The van der Waals surface area contributed by atoms with Crippen molar-refractivity contribution in [3.05, 3.63) is 68.8 Å². The molecule has 7 heteroatoms. The Labute approximate surface area is 151 Å². The van der Waals surface area contributed by atoms with Crippen LogP contribution in [0, 0.1) is 17.0 Å². The molecule has 1 amide bonds. The molecule has 0 radical (unpaired) electrons. The van der Waals surface area contributed by atoms with E-state index < -0.39 is 11.0 Å². The highest BCUT2D eigenvalue weighted by Crippen LogP contribution is 2.29. The van der Waals surface area contributed by atoms with Crippen molar-refractivity contribution in [2.75, 3.05) is 25.0 Å². The first-order chi connectivity index (χ1) is 12.4. The number of likely N-dealkylation sites (N-methyl/N-ethyl adjacent to an activating group) is 1. The van der Waals surface area contributed by atoms with E-state index >= 15 is 0 Å². The van der Waals surface area contributed by atoms with E-state index in [0.717, 1.165) is 18.5 Å². The molecule has 1 unspecified atom stereocenters. The van der Waals surface area contributed by atoms with Gasteiger partial charge in [-0.05, 0) is 42.7 Å². The summed E-state index contributed by atoms with van der Waals surface area (Å²) in [4.78, 5) is 24.8. The van der Waals surface area contributed by atoms with Gasteiger partial charge in [-0.2, -0.15) is 0 Å². The summed E-state index contributed by atoms with van der Waals surface area (Å²) in [7, 11) is 2.04. The zero-order valence-corrected chi connectivity index (χ0v) is 14.7. The topological polar surface area (TPSA) is 95.7 Å². The number of carbonyl (C=O) groups is 1. The van der Waals surface area contributed by atoms with Crippen LogP contribution in [0.5, 0.6) is 0 Å². The van der Waals surface area contributed by atoms with Crippen LogP contribution in [0.15, 0.2) is 36.4 Å². The van der Waals surface area contributed by atoms with Crippen LogP contribution in [0.2, 0.25) is 0 Å². The maximum atomic E-state index is 12.2. The summed E-state index contributed by atoms with van der Waals surface area (Å²) in [6.07, 6.45) is 0.134. The monoisotopic (exact) mass is 355 g/mol. The predicted octanol–water partition coefficient (Wildman–Crippen LogP) is 2.36. The normalized spacial score (nSPS) is 14.0. The number of nitrogens with zero attached hydrogens (tertiary/aromatic N) is 2. The van der Waals surface area contributed by atoms with E-state index in [4.69, 9.17) is 0 Å². The Balaban J connectivity index is 1.64. The standard InChI is InChI=1S/C19H21N3O4/c1-12-9-15(4-5-16(12)22(25)26)19(24)20-11-18(23)14-3-6-17-13(10-14)7-8-21(17)2/h3-6,9-10,18,23H,7-8,11H2,1-2H3,(H,20,24). The van der Waals surface area contributed by atoms with Gasteiger partial charge in [0.15, 0.2) is 0 Å². The molecule has 0 aliphatic carbocycles. The highest BCUT2D eigenvalue weighted by atomic mass is 16.6. The van der Waals surface area contributed by atoms with E-state index in [1.807, 2.05) is 25.2 Å². The van der Waals surface area contributed by atoms with Crippen molar-refractivity contribution in [2.45, 2.75) is 19.4 Å². The summed E-state index contributed by atoms with van der Waals surface area (Å²) in [6, 6.07) is 10.0. The number of aliphatic hydroxyl groups is 1. The van der Waals surface area contributed by atoms with Crippen molar-refractivity contribution in [1.82, 2.24) is 5.32 Å². The molecule has 3 rings (SSSR count). The smallest absolute Gasteiger partial charge is 0.272 e. The lowest BCUT2D eigenvalue weighted by Crippen LogP contribution is -2.28. The van der Waals surface area contributed by atoms with Crippen molar-refractivity contribution < 1.29 is 14.8 Å². The molecule has 0 saturated heterocycles. The lowest BCUT2D eigenvalue weighted by molar-refractivity contribution is -0.385. The summed E-state index contributed by atoms with van der Waals surface area (Å²) < 4.78 is 0. The summed E-state index contributed by atoms with van der Waals surface area (Å²) in [6.45, 7) is 2.62. The number of aliphatic hydroxyl groups excluding tert-OH is 1. The van der Waals surface area contributed by atoms with Crippen molar-refractivity contribution >= 4 is 17.3 Å². The van der Waals surface area contributed by atoms with E-state index in [2.05, 4.69) is 10.2 Å². The maximum absolute atomic E-state index is 12.2. The molecular weight excluding hydrogens is 334 g/mol. The first kappa shape index (κ1) is 17.9. The largest absolute Gasteiger partial charge is 0.387 e. The molecule has 26 heavy (non-hydrogen) atoms. The van der Waals surface area contributed by atoms with Gasteiger partial charge in [-0.3, -0.25) is 14.9 Å². The van der Waals surface area contributed by atoms with Crippen molar-refractivity contribution in [3.63, 3.8) is 0 Å². The van der Waals surface area contributed by atoms with E-state index in [1.165, 1.54) is 29.4 Å². The SMILES string of the molecule is Cc1cc(C(=O)NCC(O)c2ccc3c(c2)CCN3C)ccc1[N+](=O)[O-]. The Morgan fingerprint density at radius 2 is 2.12 bits per heavy atom. The third-order valence-electron chi connectivity index (χ3n) is 4.73. The number of hydrogen-bond acceptors (Lipinski definition) is 5. The van der Waals surface area contributed by atoms with Crippen LogP contribution in [0.4, 0.5) is 11.4 Å². The van der Waals surface area contributed by atoms with Gasteiger partial charge in [-0.1, -0.05) is 12.1 Å². The Hall–Kier alpha value is -2.93. The average molecular weight is 355 g/mol. The summed E-state index contributed by atoms with van der Waals surface area (Å²) in [5.41, 5.74) is 3.86. The Kier molecular flexibility index (Phi) is 4.90. The molecule has 2 aromatic carbocycles. The molecule has 0 fully saturated rings. The van der Waals surface area contributed by atoms with Crippen LogP contribution in [0.3, 0.4) is 0 Å². The van der Waals surface area contributed by atoms with Gasteiger partial charge in [-0.15, -0.1) is 0 Å². The quantitative estimate of drug-likeness (QED) is 0.634. The van der Waals surface area contributed by atoms with Gasteiger partial charge < -0.3 is 15.3 Å². The van der Waals surface area contributed by atoms with Crippen LogP contribution >= 0.6 is 0 Å². The summed E-state index contributed by atoms with van der Waals surface area (Å²) in [5.74, 6) is -0.372. The summed E-state index contributed by atoms with van der Waals surface area (Å²) >= 11 is 0. The van der Waals surface area contributed by atoms with E-state index in [9.17, 15) is 20.0 Å². The minimum atomic E-state index is -0.811. The van der Waals surface area contributed by atoms with E-state index in [0.29, 0.717) is 11.1 Å². The molecule has 1 heterocycles. The second-order valence-electron chi connectivity index (χ2n) is 6.54. The maximum Gasteiger partial charge on any atom is 0.272 e. The number of rotatable bonds is 5. The highest BCUT2D eigenvalue weighted by molar-refractivity contribution is 5.94.